The van der Waals surface area contributed by atoms with Gasteiger partial charge in [0.05, 0.1) is 5.56 Å². The quantitative estimate of drug-likeness (QED) is 0.703. The summed E-state index contributed by atoms with van der Waals surface area (Å²) in [6, 6.07) is 8.51. The number of nitrogens with one attached hydrogen (secondary N) is 1. The van der Waals surface area contributed by atoms with Crippen molar-refractivity contribution in [3.8, 4) is 0 Å². The number of nitrogens with two attached hydrogens (primary N) is 1. The van der Waals surface area contributed by atoms with E-state index in [9.17, 15) is 9.59 Å². The Balaban J connectivity index is 1.98. The molecule has 3 N–H and O–H groups in total. The SMILES string of the molecule is NCCCCNc1nccc2c1C(=O)c1ccccc1C2=O. The number of hydrogen-bond donors (Lipinski definition) is 2. The molecule has 1 heterocycles. The highest BCUT2D eigenvalue weighted by molar-refractivity contribution is 6.29. The molecule has 2 aromatic rings. The van der Waals surface area contributed by atoms with Crippen LogP contribution in [0.15, 0.2) is 36.5 Å². The maximum atomic E-state index is 12.7. The number of carbonyl (C=O) groups is 2. The molecule has 0 fully saturated rings. The van der Waals surface area contributed by atoms with Crippen molar-refractivity contribution in [1.82, 2.24) is 4.98 Å². The number of pyridine rings is 1. The van der Waals surface area contributed by atoms with Gasteiger partial charge in [-0.25, -0.2) is 4.98 Å². The normalized spacial score (nSPS) is 12.8. The van der Waals surface area contributed by atoms with Gasteiger partial charge in [-0.2, -0.15) is 0 Å². The van der Waals surface area contributed by atoms with Crippen molar-refractivity contribution in [3.05, 3.63) is 58.8 Å². The first-order chi connectivity index (χ1) is 10.7. The van der Waals surface area contributed by atoms with Crippen LogP contribution in [0.1, 0.15) is 44.7 Å². The van der Waals surface area contributed by atoms with Gasteiger partial charge in [0.25, 0.3) is 0 Å². The second-order valence-electron chi connectivity index (χ2n) is 5.21. The Morgan fingerprint density at radius 1 is 0.955 bits per heavy atom. The molecule has 5 nitrogen and oxygen atoms in total. The highest BCUT2D eigenvalue weighted by Gasteiger charge is 2.31. The maximum Gasteiger partial charge on any atom is 0.198 e. The minimum absolute atomic E-state index is 0.127. The van der Waals surface area contributed by atoms with Gasteiger partial charge in [-0.15, -0.1) is 0 Å². The average molecular weight is 295 g/mol. The number of hydrogen-bond acceptors (Lipinski definition) is 5. The third kappa shape index (κ3) is 2.40. The zero-order valence-electron chi connectivity index (χ0n) is 12.1. The lowest BCUT2D eigenvalue weighted by Gasteiger charge is -2.19. The smallest absolute Gasteiger partial charge is 0.198 e. The number of fused-ring (bicyclic) bond motifs is 2. The van der Waals surface area contributed by atoms with Crippen LogP contribution in [-0.2, 0) is 0 Å². The number of ketones is 2. The van der Waals surface area contributed by atoms with Crippen molar-refractivity contribution in [2.45, 2.75) is 12.8 Å². The Morgan fingerprint density at radius 2 is 1.68 bits per heavy atom. The number of anilines is 1. The Kier molecular flexibility index (Phi) is 3.98. The molecule has 0 unspecified atom stereocenters. The zero-order chi connectivity index (χ0) is 15.5. The second-order valence-corrected chi connectivity index (χ2v) is 5.21. The molecule has 1 aliphatic rings. The zero-order valence-corrected chi connectivity index (χ0v) is 12.1. The summed E-state index contributed by atoms with van der Waals surface area (Å²) >= 11 is 0. The van der Waals surface area contributed by atoms with Crippen LogP contribution in [0.3, 0.4) is 0 Å². The first kappa shape index (κ1) is 14.4. The van der Waals surface area contributed by atoms with Crippen molar-refractivity contribution in [3.63, 3.8) is 0 Å². The fraction of sp³-hybridized carbons (Fsp3) is 0.235. The van der Waals surface area contributed by atoms with E-state index in [0.29, 0.717) is 41.2 Å². The number of nitrogens with zero attached hydrogens (tertiary/aromatic N) is 1. The average Bonchev–Trinajstić information content (AvgIpc) is 2.56. The number of rotatable bonds is 5. The van der Waals surface area contributed by atoms with Crippen LogP contribution in [0.25, 0.3) is 0 Å². The van der Waals surface area contributed by atoms with E-state index in [1.165, 1.54) is 0 Å². The van der Waals surface area contributed by atoms with Crippen LogP contribution in [0, 0.1) is 0 Å². The summed E-state index contributed by atoms with van der Waals surface area (Å²) in [6.07, 6.45) is 3.35. The summed E-state index contributed by atoms with van der Waals surface area (Å²) < 4.78 is 0. The molecule has 0 radical (unpaired) electrons. The van der Waals surface area contributed by atoms with Gasteiger partial charge in [0, 0.05) is 29.4 Å². The fourth-order valence-corrected chi connectivity index (χ4v) is 2.65. The standard InChI is InChI=1S/C17H17N3O2/c18-8-3-4-9-19-17-14-13(7-10-20-17)15(21)11-5-1-2-6-12(11)16(14)22/h1-2,5-7,10H,3-4,8-9,18H2,(H,19,20). The molecule has 0 bridgehead atoms. The predicted octanol–water partition coefficient (Wildman–Crippen LogP) is 2.01. The van der Waals surface area contributed by atoms with Crippen molar-refractivity contribution in [2.75, 3.05) is 18.4 Å². The van der Waals surface area contributed by atoms with Gasteiger partial charge in [0.2, 0.25) is 0 Å². The highest BCUT2D eigenvalue weighted by atomic mass is 16.1. The van der Waals surface area contributed by atoms with Crippen molar-refractivity contribution >= 4 is 17.4 Å². The predicted molar refractivity (Wildman–Crippen MR) is 84.3 cm³/mol. The van der Waals surface area contributed by atoms with E-state index in [-0.39, 0.29) is 11.6 Å². The summed E-state index contributed by atoms with van der Waals surface area (Å²) in [7, 11) is 0. The summed E-state index contributed by atoms with van der Waals surface area (Å²) in [5.41, 5.74) is 7.16. The Hall–Kier alpha value is -2.53. The third-order valence-corrected chi connectivity index (χ3v) is 3.76. The van der Waals surface area contributed by atoms with Gasteiger partial charge in [0.15, 0.2) is 11.6 Å². The van der Waals surface area contributed by atoms with Crippen LogP contribution in [0.2, 0.25) is 0 Å². The van der Waals surface area contributed by atoms with Crippen LogP contribution in [-0.4, -0.2) is 29.6 Å². The molecule has 22 heavy (non-hydrogen) atoms. The first-order valence-corrected chi connectivity index (χ1v) is 7.35. The molecule has 3 rings (SSSR count). The minimum atomic E-state index is -0.153. The van der Waals surface area contributed by atoms with E-state index in [4.69, 9.17) is 5.73 Å². The molecular formula is C17H17N3O2. The van der Waals surface area contributed by atoms with Crippen molar-refractivity contribution in [2.24, 2.45) is 5.73 Å². The molecule has 5 heteroatoms. The summed E-state index contributed by atoms with van der Waals surface area (Å²) in [5.74, 6) is 0.194. The number of unbranched alkanes of at least 4 members (excludes halogenated alkanes) is 1. The molecule has 112 valence electrons. The van der Waals surface area contributed by atoms with E-state index in [1.807, 2.05) is 0 Å². The number of benzene rings is 1. The Bertz CT molecular complexity index is 740. The molecule has 0 saturated carbocycles. The molecular weight excluding hydrogens is 278 g/mol. The first-order valence-electron chi connectivity index (χ1n) is 7.35. The molecule has 1 aliphatic carbocycles. The second kappa shape index (κ2) is 6.07. The molecule has 1 aromatic heterocycles. The van der Waals surface area contributed by atoms with E-state index in [1.54, 1.807) is 36.5 Å². The van der Waals surface area contributed by atoms with Crippen molar-refractivity contribution in [1.29, 1.82) is 0 Å². The van der Waals surface area contributed by atoms with E-state index < -0.39 is 0 Å². The monoisotopic (exact) mass is 295 g/mol. The lowest BCUT2D eigenvalue weighted by molar-refractivity contribution is 0.0979. The fourth-order valence-electron chi connectivity index (χ4n) is 2.65. The van der Waals surface area contributed by atoms with Crippen LogP contribution in [0.4, 0.5) is 5.82 Å². The number of carbonyl (C=O) groups excluding carboxylic acids is 2. The van der Waals surface area contributed by atoms with Gasteiger partial charge in [-0.05, 0) is 25.5 Å². The van der Waals surface area contributed by atoms with Crippen LogP contribution >= 0.6 is 0 Å². The maximum absolute atomic E-state index is 12.7. The molecule has 0 amide bonds. The molecule has 0 aliphatic heterocycles. The number of aromatic nitrogens is 1. The Morgan fingerprint density at radius 3 is 2.41 bits per heavy atom. The summed E-state index contributed by atoms with van der Waals surface area (Å²) in [4.78, 5) is 29.5. The van der Waals surface area contributed by atoms with Crippen molar-refractivity contribution < 1.29 is 9.59 Å². The van der Waals surface area contributed by atoms with Gasteiger partial charge in [0.1, 0.15) is 5.82 Å². The highest BCUT2D eigenvalue weighted by Crippen LogP contribution is 2.30. The molecule has 1 aromatic carbocycles. The summed E-state index contributed by atoms with van der Waals surface area (Å²) in [6.45, 7) is 1.30. The van der Waals surface area contributed by atoms with E-state index in [0.717, 1.165) is 12.8 Å². The van der Waals surface area contributed by atoms with E-state index >= 15 is 0 Å². The van der Waals surface area contributed by atoms with Gasteiger partial charge in [-0.1, -0.05) is 24.3 Å². The van der Waals surface area contributed by atoms with Crippen LogP contribution < -0.4 is 11.1 Å². The largest absolute Gasteiger partial charge is 0.369 e. The molecule has 0 atom stereocenters. The minimum Gasteiger partial charge on any atom is -0.369 e. The Labute approximate surface area is 128 Å². The van der Waals surface area contributed by atoms with Crippen LogP contribution in [0.5, 0.6) is 0 Å². The van der Waals surface area contributed by atoms with Gasteiger partial charge >= 0.3 is 0 Å². The topological polar surface area (TPSA) is 85.1 Å². The molecule has 0 saturated heterocycles. The van der Waals surface area contributed by atoms with E-state index in [2.05, 4.69) is 10.3 Å². The lowest BCUT2D eigenvalue weighted by atomic mass is 9.84. The van der Waals surface area contributed by atoms with Gasteiger partial charge < -0.3 is 11.1 Å². The van der Waals surface area contributed by atoms with Gasteiger partial charge in [-0.3, -0.25) is 9.59 Å². The third-order valence-electron chi connectivity index (χ3n) is 3.76. The molecule has 0 spiro atoms. The summed E-state index contributed by atoms with van der Waals surface area (Å²) in [5, 5.41) is 3.15. The lowest BCUT2D eigenvalue weighted by Crippen LogP contribution is -2.23.